The van der Waals surface area contributed by atoms with E-state index in [0.29, 0.717) is 5.82 Å². The Balaban J connectivity index is 2.19. The SMILES string of the molecule is CCC(CC)NC(=O)Cn1c(-c2ccccc2)noc1=O. The minimum atomic E-state index is -0.631. The molecule has 1 N–H and O–H groups in total. The first-order valence-electron chi connectivity index (χ1n) is 7.07. The van der Waals surface area contributed by atoms with Gasteiger partial charge in [-0.15, -0.1) is 0 Å². The number of hydrogen-bond donors (Lipinski definition) is 1. The Labute approximate surface area is 122 Å². The third-order valence-electron chi connectivity index (χ3n) is 3.37. The molecule has 0 aliphatic heterocycles. The van der Waals surface area contributed by atoms with E-state index in [-0.39, 0.29) is 18.5 Å². The summed E-state index contributed by atoms with van der Waals surface area (Å²) in [4.78, 5) is 23.8. The second kappa shape index (κ2) is 6.88. The van der Waals surface area contributed by atoms with E-state index in [4.69, 9.17) is 0 Å². The summed E-state index contributed by atoms with van der Waals surface area (Å²) in [6.45, 7) is 3.92. The monoisotopic (exact) mass is 289 g/mol. The maximum absolute atomic E-state index is 12.0. The minimum Gasteiger partial charge on any atom is -0.352 e. The number of amides is 1. The fraction of sp³-hybridized carbons (Fsp3) is 0.400. The van der Waals surface area contributed by atoms with Crippen LogP contribution >= 0.6 is 0 Å². The van der Waals surface area contributed by atoms with Gasteiger partial charge in [-0.2, -0.15) is 0 Å². The molecule has 112 valence electrons. The Morgan fingerprint density at radius 2 is 1.95 bits per heavy atom. The lowest BCUT2D eigenvalue weighted by Crippen LogP contribution is -2.37. The zero-order chi connectivity index (χ0) is 15.2. The number of benzene rings is 1. The molecule has 6 heteroatoms. The van der Waals surface area contributed by atoms with Crippen molar-refractivity contribution >= 4 is 5.91 Å². The number of rotatable bonds is 6. The summed E-state index contributed by atoms with van der Waals surface area (Å²) < 4.78 is 5.93. The van der Waals surface area contributed by atoms with Crippen molar-refractivity contribution in [2.75, 3.05) is 0 Å². The summed E-state index contributed by atoms with van der Waals surface area (Å²) in [7, 11) is 0. The van der Waals surface area contributed by atoms with Gasteiger partial charge in [-0.25, -0.2) is 9.36 Å². The maximum Gasteiger partial charge on any atom is 0.442 e. The highest BCUT2D eigenvalue weighted by molar-refractivity contribution is 5.76. The van der Waals surface area contributed by atoms with Gasteiger partial charge in [0.15, 0.2) is 5.82 Å². The highest BCUT2D eigenvalue weighted by Gasteiger charge is 2.16. The van der Waals surface area contributed by atoms with Crippen molar-refractivity contribution in [3.8, 4) is 11.4 Å². The second-order valence-electron chi connectivity index (χ2n) is 4.81. The Morgan fingerprint density at radius 3 is 2.57 bits per heavy atom. The molecule has 0 bridgehead atoms. The smallest absolute Gasteiger partial charge is 0.352 e. The van der Waals surface area contributed by atoms with Gasteiger partial charge in [0, 0.05) is 11.6 Å². The summed E-state index contributed by atoms with van der Waals surface area (Å²) in [5, 5.41) is 6.65. The molecule has 1 aromatic heterocycles. The normalized spacial score (nSPS) is 10.8. The molecule has 6 nitrogen and oxygen atoms in total. The number of nitrogens with zero attached hydrogens (tertiary/aromatic N) is 2. The van der Waals surface area contributed by atoms with Crippen LogP contribution in [0.5, 0.6) is 0 Å². The van der Waals surface area contributed by atoms with E-state index in [1.165, 1.54) is 4.57 Å². The topological polar surface area (TPSA) is 77.1 Å². The maximum atomic E-state index is 12.0. The lowest BCUT2D eigenvalue weighted by atomic mass is 10.2. The van der Waals surface area contributed by atoms with Crippen LogP contribution in [0, 0.1) is 0 Å². The van der Waals surface area contributed by atoms with Crippen LogP contribution in [0.1, 0.15) is 26.7 Å². The average Bonchev–Trinajstić information content (AvgIpc) is 2.87. The first kappa shape index (κ1) is 15.0. The lowest BCUT2D eigenvalue weighted by Gasteiger charge is -2.14. The van der Waals surface area contributed by atoms with Gasteiger partial charge in [0.1, 0.15) is 6.54 Å². The number of hydrogen-bond acceptors (Lipinski definition) is 4. The van der Waals surface area contributed by atoms with Gasteiger partial charge < -0.3 is 5.32 Å². The fourth-order valence-corrected chi connectivity index (χ4v) is 2.11. The predicted molar refractivity (Wildman–Crippen MR) is 78.7 cm³/mol. The van der Waals surface area contributed by atoms with Crippen LogP contribution in [0.2, 0.25) is 0 Å². The van der Waals surface area contributed by atoms with Crippen LogP contribution in [-0.2, 0) is 11.3 Å². The molecule has 0 aliphatic carbocycles. The quantitative estimate of drug-likeness (QED) is 0.879. The van der Waals surface area contributed by atoms with Crippen molar-refractivity contribution in [3.05, 3.63) is 40.9 Å². The lowest BCUT2D eigenvalue weighted by molar-refractivity contribution is -0.122. The standard InChI is InChI=1S/C15H19N3O3/c1-3-12(4-2)16-13(19)10-18-14(17-21-15(18)20)11-8-6-5-7-9-11/h5-9,12H,3-4,10H2,1-2H3,(H,16,19). The van der Waals surface area contributed by atoms with Crippen LogP contribution in [0.3, 0.4) is 0 Å². The number of nitrogens with one attached hydrogen (secondary N) is 1. The van der Waals surface area contributed by atoms with E-state index in [1.807, 2.05) is 44.2 Å². The highest BCUT2D eigenvalue weighted by Crippen LogP contribution is 2.14. The molecule has 0 saturated heterocycles. The fourth-order valence-electron chi connectivity index (χ4n) is 2.11. The molecule has 0 spiro atoms. The molecule has 0 fully saturated rings. The Hall–Kier alpha value is -2.37. The van der Waals surface area contributed by atoms with Gasteiger partial charge in [-0.05, 0) is 12.8 Å². The zero-order valence-corrected chi connectivity index (χ0v) is 12.2. The molecule has 0 saturated carbocycles. The molecule has 0 aliphatic rings. The summed E-state index contributed by atoms with van der Waals surface area (Å²) in [5.74, 6) is -0.486. The van der Waals surface area contributed by atoms with Gasteiger partial charge in [-0.3, -0.25) is 9.32 Å². The van der Waals surface area contributed by atoms with E-state index < -0.39 is 5.76 Å². The van der Waals surface area contributed by atoms with E-state index in [2.05, 4.69) is 15.0 Å². The molecular formula is C15H19N3O3. The molecule has 2 aromatic rings. The first-order valence-corrected chi connectivity index (χ1v) is 7.07. The number of aromatic nitrogens is 2. The zero-order valence-electron chi connectivity index (χ0n) is 12.2. The van der Waals surface area contributed by atoms with Gasteiger partial charge in [0.25, 0.3) is 0 Å². The van der Waals surface area contributed by atoms with E-state index in [1.54, 1.807) is 0 Å². The second-order valence-corrected chi connectivity index (χ2v) is 4.81. The summed E-state index contributed by atoms with van der Waals surface area (Å²) in [6.07, 6.45) is 1.71. The van der Waals surface area contributed by atoms with E-state index in [0.717, 1.165) is 18.4 Å². The van der Waals surface area contributed by atoms with Crippen molar-refractivity contribution in [1.82, 2.24) is 15.0 Å². The van der Waals surface area contributed by atoms with Crippen LogP contribution in [-0.4, -0.2) is 21.7 Å². The summed E-state index contributed by atoms with van der Waals surface area (Å²) in [5.41, 5.74) is 0.735. The molecule has 1 amide bonds. The van der Waals surface area contributed by atoms with Gasteiger partial charge in [0.05, 0.1) is 0 Å². The van der Waals surface area contributed by atoms with E-state index in [9.17, 15) is 9.59 Å². The largest absolute Gasteiger partial charge is 0.442 e. The van der Waals surface area contributed by atoms with E-state index >= 15 is 0 Å². The molecule has 0 atom stereocenters. The molecule has 1 heterocycles. The van der Waals surface area contributed by atoms with Gasteiger partial charge in [0.2, 0.25) is 5.91 Å². The van der Waals surface area contributed by atoms with Crippen molar-refractivity contribution in [1.29, 1.82) is 0 Å². The average molecular weight is 289 g/mol. The van der Waals surface area contributed by atoms with Gasteiger partial charge >= 0.3 is 5.76 Å². The molecular weight excluding hydrogens is 270 g/mol. The number of carbonyl (C=O) groups excluding carboxylic acids is 1. The first-order chi connectivity index (χ1) is 10.2. The Bertz CT molecular complexity index is 642. The molecule has 21 heavy (non-hydrogen) atoms. The summed E-state index contributed by atoms with van der Waals surface area (Å²) >= 11 is 0. The Morgan fingerprint density at radius 1 is 1.29 bits per heavy atom. The van der Waals surface area contributed by atoms with Crippen molar-refractivity contribution in [3.63, 3.8) is 0 Å². The van der Waals surface area contributed by atoms with Crippen LogP contribution < -0.4 is 11.1 Å². The molecule has 1 aromatic carbocycles. The van der Waals surface area contributed by atoms with Crippen LogP contribution in [0.15, 0.2) is 39.6 Å². The van der Waals surface area contributed by atoms with Crippen molar-refractivity contribution < 1.29 is 9.32 Å². The minimum absolute atomic E-state index is 0.0942. The molecule has 0 unspecified atom stereocenters. The van der Waals surface area contributed by atoms with Crippen molar-refractivity contribution in [2.24, 2.45) is 0 Å². The summed E-state index contributed by atoms with van der Waals surface area (Å²) in [6, 6.07) is 9.28. The third-order valence-corrected chi connectivity index (χ3v) is 3.37. The molecule has 2 rings (SSSR count). The molecule has 0 radical (unpaired) electrons. The van der Waals surface area contributed by atoms with Crippen LogP contribution in [0.25, 0.3) is 11.4 Å². The Kier molecular flexibility index (Phi) is 4.92. The third kappa shape index (κ3) is 3.59. The predicted octanol–water partition coefficient (Wildman–Crippen LogP) is 1.81. The highest BCUT2D eigenvalue weighted by atomic mass is 16.5. The van der Waals surface area contributed by atoms with Crippen molar-refractivity contribution in [2.45, 2.75) is 39.3 Å². The van der Waals surface area contributed by atoms with Crippen LogP contribution in [0.4, 0.5) is 0 Å². The number of carbonyl (C=O) groups is 1. The van der Waals surface area contributed by atoms with Gasteiger partial charge in [-0.1, -0.05) is 49.3 Å².